The summed E-state index contributed by atoms with van der Waals surface area (Å²) < 4.78 is 5.27. The number of hydrogen-bond donors (Lipinski definition) is 18. The maximum atomic E-state index is 14.1. The van der Waals surface area contributed by atoms with E-state index < -0.39 is 181 Å². The van der Waals surface area contributed by atoms with Gasteiger partial charge in [0.15, 0.2) is 12.1 Å². The molecule has 1 fully saturated rings. The number of unbranched alkanes of at least 4 members (excludes halogenated alkanes) is 7. The molecule has 466 valence electrons. The number of carboxylic acids is 2. The van der Waals surface area contributed by atoms with Crippen LogP contribution in [0.5, 0.6) is 0 Å². The van der Waals surface area contributed by atoms with Crippen LogP contribution >= 0.6 is 11.6 Å². The number of ether oxygens (including phenoxy) is 1. The number of aliphatic hydroxyl groups is 4. The minimum Gasteiger partial charge on any atom is -0.481 e. The van der Waals surface area contributed by atoms with E-state index in [9.17, 15) is 88.2 Å². The quantitative estimate of drug-likeness (QED) is 0.0158. The molecule has 82 heavy (non-hydrogen) atoms. The Morgan fingerprint density at radius 1 is 0.634 bits per heavy atom. The maximum absolute atomic E-state index is 14.1. The third-order valence-electron chi connectivity index (χ3n) is 12.7. The first-order valence-corrected chi connectivity index (χ1v) is 27.7. The van der Waals surface area contributed by atoms with Crippen molar-refractivity contribution in [3.8, 4) is 0 Å². The van der Waals surface area contributed by atoms with Crippen LogP contribution in [0.3, 0.4) is 0 Å². The topological polar surface area (TPSA) is 522 Å². The second kappa shape index (κ2) is 39.8. The van der Waals surface area contributed by atoms with Crippen LogP contribution in [-0.4, -0.2) is 207 Å². The van der Waals surface area contributed by atoms with E-state index in [1.807, 2.05) is 10.6 Å². The molecule has 0 aromatic carbocycles. The number of carbonyl (C=O) groups is 12. The molecule has 9 amide bonds. The zero-order chi connectivity index (χ0) is 62.1. The lowest BCUT2D eigenvalue weighted by molar-refractivity contribution is -0.155. The summed E-state index contributed by atoms with van der Waals surface area (Å²) in [6.45, 7) is 2.84. The fourth-order valence-electron chi connectivity index (χ4n) is 8.03. The number of halogens is 1. The van der Waals surface area contributed by atoms with Crippen molar-refractivity contribution in [2.45, 2.75) is 196 Å². The van der Waals surface area contributed by atoms with Crippen LogP contribution in [0.2, 0.25) is 0 Å². The van der Waals surface area contributed by atoms with E-state index >= 15 is 0 Å². The number of allylic oxidation sites excluding steroid dienone is 1. The Balaban J connectivity index is 4.08. The number of aliphatic hydroxyl groups excluding tert-OH is 4. The van der Waals surface area contributed by atoms with Crippen molar-refractivity contribution in [3.63, 3.8) is 0 Å². The average molecular weight is 1190 g/mol. The molecule has 0 aromatic heterocycles. The Kier molecular flexibility index (Phi) is 35.6. The molecular formula is C50H85ClN12O19. The highest BCUT2D eigenvalue weighted by molar-refractivity contribution is 6.18. The predicted octanol–water partition coefficient (Wildman–Crippen LogP) is -5.55. The second-order valence-corrected chi connectivity index (χ2v) is 19.8. The average Bonchev–Trinajstić information content (AvgIpc) is 3.45. The van der Waals surface area contributed by atoms with Gasteiger partial charge in [-0.05, 0) is 78.4 Å². The van der Waals surface area contributed by atoms with E-state index in [0.717, 1.165) is 51.5 Å². The molecule has 0 radical (unpaired) electrons. The molecule has 0 bridgehead atoms. The van der Waals surface area contributed by atoms with E-state index in [1.54, 1.807) is 0 Å². The lowest BCUT2D eigenvalue weighted by Crippen LogP contribution is -2.62. The number of carbonyl (C=O) groups excluding carboxylic acids is 10. The molecule has 0 saturated carbocycles. The number of aliphatic carboxylic acids is 2. The fourth-order valence-corrected chi connectivity index (χ4v) is 8.21. The fraction of sp³-hybridized carbons (Fsp3) is 0.720. The van der Waals surface area contributed by atoms with Crippen LogP contribution in [0.1, 0.15) is 124 Å². The Morgan fingerprint density at radius 2 is 1.16 bits per heavy atom. The lowest BCUT2D eigenvalue weighted by Gasteiger charge is -2.28. The molecule has 1 saturated heterocycles. The Morgan fingerprint density at radius 3 is 1.70 bits per heavy atom. The highest BCUT2D eigenvalue weighted by Crippen LogP contribution is 2.13. The van der Waals surface area contributed by atoms with Gasteiger partial charge in [-0.15, -0.1) is 11.6 Å². The summed E-state index contributed by atoms with van der Waals surface area (Å²) in [7, 11) is 0. The molecule has 32 heteroatoms. The summed E-state index contributed by atoms with van der Waals surface area (Å²) in [5.74, 6) is -17.7. The minimum absolute atomic E-state index is 0.0367. The maximum Gasteiger partial charge on any atom is 0.335 e. The molecule has 3 unspecified atom stereocenters. The second-order valence-electron chi connectivity index (χ2n) is 19.5. The van der Waals surface area contributed by atoms with Gasteiger partial charge in [-0.25, -0.2) is 9.59 Å². The van der Waals surface area contributed by atoms with Gasteiger partial charge < -0.3 is 100 Å². The van der Waals surface area contributed by atoms with Gasteiger partial charge in [0, 0.05) is 0 Å². The zero-order valence-electron chi connectivity index (χ0n) is 46.5. The molecule has 1 aliphatic rings. The summed E-state index contributed by atoms with van der Waals surface area (Å²) in [6, 6.07) is -15.7. The first-order chi connectivity index (χ1) is 38.8. The number of hydrogen-bond acceptors (Lipinski definition) is 20. The molecule has 1 aliphatic heterocycles. The predicted molar refractivity (Wildman–Crippen MR) is 291 cm³/mol. The van der Waals surface area contributed by atoms with Crippen LogP contribution in [0.25, 0.3) is 0 Å². The summed E-state index contributed by atoms with van der Waals surface area (Å²) in [5, 5.41) is 82.3. The van der Waals surface area contributed by atoms with Crippen molar-refractivity contribution in [1.82, 2.24) is 47.9 Å². The van der Waals surface area contributed by atoms with Crippen LogP contribution in [-0.2, 0) is 62.3 Å². The van der Waals surface area contributed by atoms with Gasteiger partial charge in [-0.1, -0.05) is 57.9 Å². The number of nitrogens with one attached hydrogen (secondary N) is 9. The third kappa shape index (κ3) is 27.0. The molecule has 0 aliphatic carbocycles. The summed E-state index contributed by atoms with van der Waals surface area (Å²) in [4.78, 5) is 163. The van der Waals surface area contributed by atoms with E-state index in [4.69, 9.17) is 33.5 Å². The minimum atomic E-state index is -2.83. The normalized spacial score (nSPS) is 24.7. The summed E-state index contributed by atoms with van der Waals surface area (Å²) >= 11 is 5.85. The van der Waals surface area contributed by atoms with E-state index in [-0.39, 0.29) is 51.7 Å². The summed E-state index contributed by atoms with van der Waals surface area (Å²) in [5.41, 5.74) is 16.4. The Bertz CT molecular complexity index is 2180. The first-order valence-electron chi connectivity index (χ1n) is 27.2. The van der Waals surface area contributed by atoms with E-state index in [0.29, 0.717) is 12.8 Å². The molecule has 0 spiro atoms. The summed E-state index contributed by atoms with van der Waals surface area (Å²) in [6.07, 6.45) is -2.57. The standard InChI is InChI=1S/C50H85ClN12O19/c1-4-6-7-8-9-10-11-15-27(65)22-35(67)55-33-25-82-50(81)38(34(66)24-51)62-48(78)39(40(70)49(79)80)63-41(71)28(5-2)56-47(77)37(26(3)64)61-44(74)30(17-14-20-53)57-42(72)29(16-12-13-19-52)58-45(75)32(23-36(68)69)60-43(73)31(18-21-54)59-46(33)76/h5,26-27,29-34,37-40,64-66,70H,4,6-25,52-54H2,1-3H3,(H,55,67)(H,56,77)(H,57,72)(H,58,75)(H,59,76)(H,60,73)(H,61,74)(H,62,78)(H,63,71)(H,68,69)(H,79,80)/b28-5-/t26?,27?,29-,30-,31+,32-,33-,34+,37-,38-,39-,40?/m0/s1. The van der Waals surface area contributed by atoms with Crippen LogP contribution < -0.4 is 65.1 Å². The number of rotatable bonds is 27. The van der Waals surface area contributed by atoms with Crippen LogP contribution in [0.15, 0.2) is 11.8 Å². The van der Waals surface area contributed by atoms with Gasteiger partial charge in [-0.3, -0.25) is 47.9 Å². The highest BCUT2D eigenvalue weighted by atomic mass is 35.5. The molecular weight excluding hydrogens is 1110 g/mol. The molecule has 12 atom stereocenters. The van der Waals surface area contributed by atoms with Crippen molar-refractivity contribution in [2.75, 3.05) is 32.1 Å². The van der Waals surface area contributed by atoms with Gasteiger partial charge in [-0.2, -0.15) is 0 Å². The van der Waals surface area contributed by atoms with Gasteiger partial charge in [0.05, 0.1) is 37.0 Å². The molecule has 21 N–H and O–H groups in total. The van der Waals surface area contributed by atoms with Gasteiger partial charge in [0.25, 0.3) is 5.91 Å². The number of amides is 9. The largest absolute Gasteiger partial charge is 0.481 e. The zero-order valence-corrected chi connectivity index (χ0v) is 47.2. The monoisotopic (exact) mass is 1190 g/mol. The first kappa shape index (κ1) is 73.4. The number of alkyl halides is 1. The number of carboxylic acid groups (broad SMARTS) is 2. The lowest BCUT2D eigenvalue weighted by atomic mass is 10.0. The van der Waals surface area contributed by atoms with Crippen molar-refractivity contribution in [2.24, 2.45) is 17.2 Å². The van der Waals surface area contributed by atoms with Crippen molar-refractivity contribution >= 4 is 82.7 Å². The van der Waals surface area contributed by atoms with E-state index in [2.05, 4.69) is 44.1 Å². The molecule has 31 nitrogen and oxygen atoms in total. The molecule has 0 aromatic rings. The van der Waals surface area contributed by atoms with Gasteiger partial charge in [0.2, 0.25) is 47.3 Å². The van der Waals surface area contributed by atoms with Gasteiger partial charge in [0.1, 0.15) is 54.6 Å². The SMILES string of the molecule is C/C=C1\NC(=O)[C@H](C(C)O)NC(=O)[C@H](CCCN)NC(=O)[C@H](CCCCN)NC(=O)[C@H](CC(=O)O)NC(=O)[C@@H](CCN)NC(=O)[C@@H](NC(=O)CC(O)CCCCCCCCC)COC(=O)[C@H]([C@H](O)CCl)NC(=O)[C@H](C(O)C(=O)O)NC1=O. The van der Waals surface area contributed by atoms with Crippen molar-refractivity contribution in [3.05, 3.63) is 11.8 Å². The van der Waals surface area contributed by atoms with Crippen molar-refractivity contribution in [1.29, 1.82) is 0 Å². The number of esters is 1. The van der Waals surface area contributed by atoms with Gasteiger partial charge >= 0.3 is 17.9 Å². The third-order valence-corrected chi connectivity index (χ3v) is 13.0. The molecule has 1 rings (SSSR count). The molecule has 1 heterocycles. The van der Waals surface area contributed by atoms with Crippen LogP contribution in [0, 0.1) is 0 Å². The highest BCUT2D eigenvalue weighted by Gasteiger charge is 2.41. The Hall–Kier alpha value is -6.61. The number of cyclic esters (lactones) is 1. The number of nitrogens with two attached hydrogens (primary N) is 3. The van der Waals surface area contributed by atoms with E-state index in [1.165, 1.54) is 6.92 Å². The van der Waals surface area contributed by atoms with Crippen molar-refractivity contribution < 1.29 is 92.9 Å². The smallest absolute Gasteiger partial charge is 0.335 e. The van der Waals surface area contributed by atoms with Crippen LogP contribution in [0.4, 0.5) is 0 Å². The Labute approximate surface area is 479 Å².